The highest BCUT2D eigenvalue weighted by Gasteiger charge is 2.53. The van der Waals surface area contributed by atoms with Gasteiger partial charge in [0.05, 0.1) is 38.6 Å². The van der Waals surface area contributed by atoms with Crippen LogP contribution in [-0.2, 0) is 33.2 Å². The minimum absolute atomic E-state index is 0.234. The standard InChI is InChI=1S/C57H103NO18/c1-3-5-7-9-11-13-15-17-19-20-21-23-25-27-29-31-33-35-45(63)58-40(41(62)34-32-30-28-26-24-22-18-16-14-12-10-8-6-4-2)39-71-55-51(69)48(66)53(43(37-60)73-55)76-57-52(70)49(67)54(44(38-61)74-57)75-56-50(68)47(65)46(64)42(36-59)72-56/h11,13,17,19,32,34,40-44,46-57,59-62,64-70H,3-10,12,14-16,18,20-31,33,35-39H2,1-2H3,(H,58,63)/b13-11-,19-17-,34-32+. The number of amides is 1. The van der Waals surface area contributed by atoms with E-state index in [1.807, 2.05) is 6.08 Å². The number of hydrogen-bond acceptors (Lipinski definition) is 18. The highest BCUT2D eigenvalue weighted by atomic mass is 16.8. The number of aliphatic hydroxyl groups is 11. The van der Waals surface area contributed by atoms with Gasteiger partial charge in [0.15, 0.2) is 18.9 Å². The van der Waals surface area contributed by atoms with Gasteiger partial charge in [-0.1, -0.05) is 166 Å². The number of carbonyl (C=O) groups excluding carboxylic acids is 1. The molecule has 0 bridgehead atoms. The van der Waals surface area contributed by atoms with Gasteiger partial charge < -0.3 is 89.9 Å². The van der Waals surface area contributed by atoms with Gasteiger partial charge in [-0.05, 0) is 51.4 Å². The lowest BCUT2D eigenvalue weighted by molar-refractivity contribution is -0.379. The Kier molecular flexibility index (Phi) is 36.9. The van der Waals surface area contributed by atoms with Gasteiger partial charge in [0.1, 0.15) is 73.2 Å². The van der Waals surface area contributed by atoms with Gasteiger partial charge in [0.25, 0.3) is 0 Å². The van der Waals surface area contributed by atoms with Gasteiger partial charge in [-0.3, -0.25) is 4.79 Å². The largest absolute Gasteiger partial charge is 0.394 e. The number of unbranched alkanes of at least 4 members (excludes halogenated alkanes) is 22. The summed E-state index contributed by atoms with van der Waals surface area (Å²) in [6, 6.07) is -0.975. The molecule has 0 spiro atoms. The molecule has 12 N–H and O–H groups in total. The second kappa shape index (κ2) is 41.1. The number of carbonyl (C=O) groups is 1. The minimum Gasteiger partial charge on any atom is -0.394 e. The molecule has 3 aliphatic rings. The summed E-state index contributed by atoms with van der Waals surface area (Å²) in [6.07, 6.45) is 15.5. The molecule has 19 heteroatoms. The SMILES string of the molecule is CCCCC/C=C\C/C=C\CCCCCCCCCC(=O)NC(COC1OC(CO)C(OC2OC(CO)C(OC3OC(CO)C(O)C(O)C3O)C(O)C2O)C(O)C1O)C(O)/C=C/CCCCCCCCCCCCCC. The van der Waals surface area contributed by atoms with Crippen LogP contribution in [-0.4, -0.2) is 193 Å². The van der Waals surface area contributed by atoms with E-state index in [4.69, 9.17) is 28.4 Å². The normalized spacial score (nSPS) is 31.2. The van der Waals surface area contributed by atoms with Crippen LogP contribution in [0, 0.1) is 0 Å². The Morgan fingerprint density at radius 2 is 0.868 bits per heavy atom. The Morgan fingerprint density at radius 1 is 0.474 bits per heavy atom. The molecule has 17 unspecified atom stereocenters. The average Bonchev–Trinajstić information content (AvgIpc) is 3.41. The number of hydrogen-bond donors (Lipinski definition) is 12. The molecule has 17 atom stereocenters. The van der Waals surface area contributed by atoms with Crippen LogP contribution in [0.15, 0.2) is 36.5 Å². The van der Waals surface area contributed by atoms with Crippen LogP contribution in [0.2, 0.25) is 0 Å². The van der Waals surface area contributed by atoms with E-state index in [0.29, 0.717) is 6.42 Å². The minimum atomic E-state index is -1.98. The first-order valence-corrected chi connectivity index (χ1v) is 29.2. The van der Waals surface area contributed by atoms with Crippen molar-refractivity contribution < 1.29 is 89.4 Å². The van der Waals surface area contributed by atoms with Crippen molar-refractivity contribution >= 4 is 5.91 Å². The van der Waals surface area contributed by atoms with Crippen LogP contribution >= 0.6 is 0 Å². The number of ether oxygens (including phenoxy) is 6. The van der Waals surface area contributed by atoms with Crippen molar-refractivity contribution in [2.45, 2.75) is 291 Å². The zero-order valence-electron chi connectivity index (χ0n) is 46.0. The Bertz CT molecular complexity index is 1540. The third-order valence-corrected chi connectivity index (χ3v) is 14.7. The van der Waals surface area contributed by atoms with E-state index in [9.17, 15) is 61.0 Å². The van der Waals surface area contributed by atoms with Gasteiger partial charge >= 0.3 is 0 Å². The zero-order valence-corrected chi connectivity index (χ0v) is 46.0. The van der Waals surface area contributed by atoms with Crippen molar-refractivity contribution in [3.05, 3.63) is 36.5 Å². The number of allylic oxidation sites excluding steroid dienone is 5. The third kappa shape index (κ3) is 25.2. The molecule has 0 aromatic heterocycles. The second-order valence-corrected chi connectivity index (χ2v) is 21.1. The fourth-order valence-electron chi connectivity index (χ4n) is 9.81. The summed E-state index contributed by atoms with van der Waals surface area (Å²) in [5, 5.41) is 120. The smallest absolute Gasteiger partial charge is 0.220 e. The quantitative estimate of drug-likeness (QED) is 0.0295. The maximum atomic E-state index is 13.3. The van der Waals surface area contributed by atoms with Crippen molar-refractivity contribution in [3.63, 3.8) is 0 Å². The van der Waals surface area contributed by atoms with Crippen molar-refractivity contribution in [2.75, 3.05) is 26.4 Å². The molecule has 19 nitrogen and oxygen atoms in total. The molecule has 3 saturated heterocycles. The predicted octanol–water partition coefficient (Wildman–Crippen LogP) is 4.54. The van der Waals surface area contributed by atoms with E-state index in [2.05, 4.69) is 43.5 Å². The molecule has 3 rings (SSSR count). The highest BCUT2D eigenvalue weighted by Crippen LogP contribution is 2.33. The van der Waals surface area contributed by atoms with Crippen LogP contribution < -0.4 is 5.32 Å². The molecule has 0 radical (unpaired) electrons. The molecule has 3 aliphatic heterocycles. The summed E-state index contributed by atoms with van der Waals surface area (Å²) in [4.78, 5) is 13.3. The summed E-state index contributed by atoms with van der Waals surface area (Å²) in [7, 11) is 0. The van der Waals surface area contributed by atoms with Crippen molar-refractivity contribution in [3.8, 4) is 0 Å². The first kappa shape index (κ1) is 68.3. The van der Waals surface area contributed by atoms with Crippen LogP contribution in [0.1, 0.15) is 187 Å². The highest BCUT2D eigenvalue weighted by molar-refractivity contribution is 5.76. The fourth-order valence-corrected chi connectivity index (χ4v) is 9.81. The van der Waals surface area contributed by atoms with Gasteiger partial charge in [0, 0.05) is 6.42 Å². The average molecular weight is 1090 g/mol. The molecule has 3 heterocycles. The van der Waals surface area contributed by atoms with Crippen molar-refractivity contribution in [2.24, 2.45) is 0 Å². The van der Waals surface area contributed by atoms with E-state index in [-0.39, 0.29) is 18.9 Å². The molecular formula is C57H103NO18. The summed E-state index contributed by atoms with van der Waals surface area (Å²) >= 11 is 0. The van der Waals surface area contributed by atoms with Crippen LogP contribution in [0.5, 0.6) is 0 Å². The van der Waals surface area contributed by atoms with E-state index in [1.165, 1.54) is 77.0 Å². The first-order chi connectivity index (χ1) is 36.8. The van der Waals surface area contributed by atoms with Gasteiger partial charge in [0.2, 0.25) is 5.91 Å². The third-order valence-electron chi connectivity index (χ3n) is 14.7. The Balaban J connectivity index is 1.52. The van der Waals surface area contributed by atoms with E-state index in [0.717, 1.165) is 83.5 Å². The molecule has 3 fully saturated rings. The summed E-state index contributed by atoms with van der Waals surface area (Å²) in [5.74, 6) is -0.285. The number of aliphatic hydroxyl groups excluding tert-OH is 11. The second-order valence-electron chi connectivity index (χ2n) is 21.1. The Morgan fingerprint density at radius 3 is 1.37 bits per heavy atom. The summed E-state index contributed by atoms with van der Waals surface area (Å²) in [6.45, 7) is 1.67. The van der Waals surface area contributed by atoms with Crippen LogP contribution in [0.4, 0.5) is 0 Å². The van der Waals surface area contributed by atoms with E-state index < -0.39 is 124 Å². The van der Waals surface area contributed by atoms with E-state index >= 15 is 0 Å². The van der Waals surface area contributed by atoms with Gasteiger partial charge in [-0.25, -0.2) is 0 Å². The molecule has 0 saturated carbocycles. The first-order valence-electron chi connectivity index (χ1n) is 29.2. The summed E-state index contributed by atoms with van der Waals surface area (Å²) < 4.78 is 34.2. The monoisotopic (exact) mass is 1090 g/mol. The molecule has 0 aliphatic carbocycles. The lowest BCUT2D eigenvalue weighted by Crippen LogP contribution is -2.66. The molecule has 444 valence electrons. The van der Waals surface area contributed by atoms with Crippen molar-refractivity contribution in [1.29, 1.82) is 0 Å². The van der Waals surface area contributed by atoms with Crippen molar-refractivity contribution in [1.82, 2.24) is 5.32 Å². The van der Waals surface area contributed by atoms with Gasteiger partial charge in [-0.15, -0.1) is 0 Å². The maximum Gasteiger partial charge on any atom is 0.220 e. The summed E-state index contributed by atoms with van der Waals surface area (Å²) in [5.41, 5.74) is 0. The molecule has 0 aromatic carbocycles. The molecule has 76 heavy (non-hydrogen) atoms. The van der Waals surface area contributed by atoms with Gasteiger partial charge in [-0.2, -0.15) is 0 Å². The lowest BCUT2D eigenvalue weighted by atomic mass is 9.96. The lowest BCUT2D eigenvalue weighted by Gasteiger charge is -2.48. The number of nitrogens with one attached hydrogen (secondary N) is 1. The molecule has 0 aromatic rings. The Labute approximate surface area is 453 Å². The number of rotatable bonds is 42. The van der Waals surface area contributed by atoms with Crippen LogP contribution in [0.25, 0.3) is 0 Å². The molecular weight excluding hydrogens is 987 g/mol. The zero-order chi connectivity index (χ0) is 55.5. The molecule has 1 amide bonds. The maximum absolute atomic E-state index is 13.3. The predicted molar refractivity (Wildman–Crippen MR) is 286 cm³/mol. The van der Waals surface area contributed by atoms with E-state index in [1.54, 1.807) is 6.08 Å². The van der Waals surface area contributed by atoms with Crippen LogP contribution in [0.3, 0.4) is 0 Å². The topological polar surface area (TPSA) is 307 Å². The Hall–Kier alpha value is -1.99. The fraction of sp³-hybridized carbons (Fsp3) is 0.877.